The van der Waals surface area contributed by atoms with Crippen LogP contribution in [0, 0.1) is 5.92 Å². The van der Waals surface area contributed by atoms with Gasteiger partial charge in [-0.05, 0) is 31.0 Å². The molecule has 20 heavy (non-hydrogen) atoms. The zero-order chi connectivity index (χ0) is 14.6. The number of hydrogen-bond donors (Lipinski definition) is 2. The second-order valence-electron chi connectivity index (χ2n) is 6.12. The van der Waals surface area contributed by atoms with Crippen LogP contribution in [0.15, 0.2) is 28.7 Å². The predicted molar refractivity (Wildman–Crippen MR) is 85.8 cm³/mol. The predicted octanol–water partition coefficient (Wildman–Crippen LogP) is 2.84. The Balaban J connectivity index is 1.95. The molecule has 0 bridgehead atoms. The monoisotopic (exact) mass is 338 g/mol. The van der Waals surface area contributed by atoms with Gasteiger partial charge in [0.05, 0.1) is 5.92 Å². The molecule has 1 heterocycles. The summed E-state index contributed by atoms with van der Waals surface area (Å²) in [6, 6.07) is 8.20. The summed E-state index contributed by atoms with van der Waals surface area (Å²) in [7, 11) is 0. The first kappa shape index (κ1) is 15.5. The second-order valence-corrected chi connectivity index (χ2v) is 6.98. The van der Waals surface area contributed by atoms with Gasteiger partial charge in [-0.1, -0.05) is 48.0 Å². The van der Waals surface area contributed by atoms with Gasteiger partial charge in [0.15, 0.2) is 0 Å². The van der Waals surface area contributed by atoms with Crippen LogP contribution in [0.2, 0.25) is 0 Å². The highest BCUT2D eigenvalue weighted by atomic mass is 79.9. The van der Waals surface area contributed by atoms with Crippen LogP contribution in [-0.4, -0.2) is 25.5 Å². The molecule has 2 rings (SSSR count). The number of carbonyl (C=O) groups is 1. The molecular weight excluding hydrogens is 316 g/mol. The van der Waals surface area contributed by atoms with Crippen LogP contribution >= 0.6 is 15.9 Å². The van der Waals surface area contributed by atoms with E-state index in [9.17, 15) is 4.79 Å². The number of rotatable bonds is 4. The molecule has 1 aliphatic rings. The normalized spacial score (nSPS) is 19.6. The standard InChI is InChI=1S/C16H23BrN2O/c1-16(2,13-7-3-4-8-14(13)17)11-19-15(20)12-6-5-9-18-10-12/h3-4,7-8,12,18H,5-6,9-11H2,1-2H3,(H,19,20). The summed E-state index contributed by atoms with van der Waals surface area (Å²) < 4.78 is 1.10. The first-order valence-corrected chi connectivity index (χ1v) is 8.03. The van der Waals surface area contributed by atoms with Gasteiger partial charge in [-0.3, -0.25) is 4.79 Å². The minimum Gasteiger partial charge on any atom is -0.355 e. The number of nitrogens with one attached hydrogen (secondary N) is 2. The maximum Gasteiger partial charge on any atom is 0.224 e. The number of halogens is 1. The van der Waals surface area contributed by atoms with E-state index in [1.54, 1.807) is 0 Å². The Labute approximate surface area is 129 Å². The maximum absolute atomic E-state index is 12.2. The van der Waals surface area contributed by atoms with Crippen molar-refractivity contribution in [2.45, 2.75) is 32.1 Å². The Hall–Kier alpha value is -0.870. The Morgan fingerprint density at radius 3 is 2.85 bits per heavy atom. The fourth-order valence-corrected chi connectivity index (χ4v) is 3.45. The van der Waals surface area contributed by atoms with Gasteiger partial charge in [-0.25, -0.2) is 0 Å². The minimum atomic E-state index is -0.0855. The van der Waals surface area contributed by atoms with Gasteiger partial charge in [0.2, 0.25) is 5.91 Å². The fraction of sp³-hybridized carbons (Fsp3) is 0.562. The zero-order valence-corrected chi connectivity index (χ0v) is 13.8. The highest BCUT2D eigenvalue weighted by Crippen LogP contribution is 2.29. The molecule has 0 saturated carbocycles. The van der Waals surface area contributed by atoms with Crippen molar-refractivity contribution in [2.75, 3.05) is 19.6 Å². The van der Waals surface area contributed by atoms with Crippen molar-refractivity contribution in [1.82, 2.24) is 10.6 Å². The number of hydrogen-bond acceptors (Lipinski definition) is 2. The lowest BCUT2D eigenvalue weighted by atomic mass is 9.84. The Morgan fingerprint density at radius 2 is 2.20 bits per heavy atom. The van der Waals surface area contributed by atoms with Crippen molar-refractivity contribution >= 4 is 21.8 Å². The summed E-state index contributed by atoms with van der Waals surface area (Å²) in [5.74, 6) is 0.302. The van der Waals surface area contributed by atoms with Crippen LogP contribution in [0.25, 0.3) is 0 Å². The van der Waals surface area contributed by atoms with Crippen molar-refractivity contribution < 1.29 is 4.79 Å². The number of carbonyl (C=O) groups excluding carboxylic acids is 1. The molecule has 0 aliphatic carbocycles. The van der Waals surface area contributed by atoms with E-state index in [1.807, 2.05) is 18.2 Å². The van der Waals surface area contributed by atoms with E-state index in [-0.39, 0.29) is 17.2 Å². The number of piperidine rings is 1. The lowest BCUT2D eigenvalue weighted by Crippen LogP contribution is -2.44. The van der Waals surface area contributed by atoms with E-state index in [0.29, 0.717) is 6.54 Å². The van der Waals surface area contributed by atoms with E-state index in [4.69, 9.17) is 0 Å². The molecule has 1 amide bonds. The second kappa shape index (κ2) is 6.72. The van der Waals surface area contributed by atoms with Gasteiger partial charge in [-0.15, -0.1) is 0 Å². The molecule has 110 valence electrons. The molecule has 4 heteroatoms. The van der Waals surface area contributed by atoms with Gasteiger partial charge >= 0.3 is 0 Å². The zero-order valence-electron chi connectivity index (χ0n) is 12.2. The maximum atomic E-state index is 12.2. The van der Waals surface area contributed by atoms with Crippen LogP contribution < -0.4 is 10.6 Å². The van der Waals surface area contributed by atoms with Crippen molar-refractivity contribution in [3.63, 3.8) is 0 Å². The molecule has 1 unspecified atom stereocenters. The van der Waals surface area contributed by atoms with Crippen LogP contribution in [0.1, 0.15) is 32.3 Å². The molecule has 0 radical (unpaired) electrons. The summed E-state index contributed by atoms with van der Waals surface area (Å²) in [5, 5.41) is 6.40. The smallest absolute Gasteiger partial charge is 0.224 e. The molecule has 1 aliphatic heterocycles. The fourth-order valence-electron chi connectivity index (χ4n) is 2.63. The SMILES string of the molecule is CC(C)(CNC(=O)C1CCCNC1)c1ccccc1Br. The first-order valence-electron chi connectivity index (χ1n) is 7.24. The third kappa shape index (κ3) is 3.83. The Kier molecular flexibility index (Phi) is 5.22. The molecular formula is C16H23BrN2O. The summed E-state index contributed by atoms with van der Waals surface area (Å²) >= 11 is 3.59. The molecule has 0 spiro atoms. The Bertz CT molecular complexity index is 467. The number of benzene rings is 1. The van der Waals surface area contributed by atoms with Crippen molar-refractivity contribution in [3.8, 4) is 0 Å². The van der Waals surface area contributed by atoms with Crippen LogP contribution in [0.5, 0.6) is 0 Å². The number of amides is 1. The largest absolute Gasteiger partial charge is 0.355 e. The minimum absolute atomic E-state index is 0.0855. The molecule has 3 nitrogen and oxygen atoms in total. The molecule has 1 aromatic rings. The highest BCUT2D eigenvalue weighted by Gasteiger charge is 2.26. The lowest BCUT2D eigenvalue weighted by molar-refractivity contribution is -0.125. The summed E-state index contributed by atoms with van der Waals surface area (Å²) in [4.78, 5) is 12.2. The van der Waals surface area contributed by atoms with E-state index < -0.39 is 0 Å². The van der Waals surface area contributed by atoms with E-state index in [1.165, 1.54) is 5.56 Å². The molecule has 1 saturated heterocycles. The van der Waals surface area contributed by atoms with Crippen LogP contribution in [0.4, 0.5) is 0 Å². The van der Waals surface area contributed by atoms with Gasteiger partial charge in [0.1, 0.15) is 0 Å². The molecule has 1 atom stereocenters. The third-order valence-electron chi connectivity index (χ3n) is 3.98. The van der Waals surface area contributed by atoms with Crippen LogP contribution in [0.3, 0.4) is 0 Å². The summed E-state index contributed by atoms with van der Waals surface area (Å²) in [6.45, 7) is 6.82. The van der Waals surface area contributed by atoms with Crippen molar-refractivity contribution in [1.29, 1.82) is 0 Å². The van der Waals surface area contributed by atoms with Crippen LogP contribution in [-0.2, 0) is 10.2 Å². The summed E-state index contributed by atoms with van der Waals surface area (Å²) in [5.41, 5.74) is 1.14. The highest BCUT2D eigenvalue weighted by molar-refractivity contribution is 9.10. The third-order valence-corrected chi connectivity index (χ3v) is 4.67. The van der Waals surface area contributed by atoms with E-state index in [0.717, 1.165) is 30.4 Å². The molecule has 1 fully saturated rings. The van der Waals surface area contributed by atoms with Gasteiger partial charge in [0.25, 0.3) is 0 Å². The van der Waals surface area contributed by atoms with E-state index in [2.05, 4.69) is 46.5 Å². The quantitative estimate of drug-likeness (QED) is 0.886. The average Bonchev–Trinajstić information content (AvgIpc) is 2.46. The Morgan fingerprint density at radius 1 is 1.45 bits per heavy atom. The first-order chi connectivity index (χ1) is 9.50. The molecule has 1 aromatic carbocycles. The topological polar surface area (TPSA) is 41.1 Å². The lowest BCUT2D eigenvalue weighted by Gasteiger charge is -2.29. The summed E-state index contributed by atoms with van der Waals surface area (Å²) in [6.07, 6.45) is 2.08. The van der Waals surface area contributed by atoms with Gasteiger partial charge < -0.3 is 10.6 Å². The van der Waals surface area contributed by atoms with E-state index >= 15 is 0 Å². The van der Waals surface area contributed by atoms with Gasteiger partial charge in [0, 0.05) is 23.0 Å². The molecule has 2 N–H and O–H groups in total. The van der Waals surface area contributed by atoms with Crippen molar-refractivity contribution in [3.05, 3.63) is 34.3 Å². The van der Waals surface area contributed by atoms with Gasteiger partial charge in [-0.2, -0.15) is 0 Å². The molecule has 0 aromatic heterocycles. The average molecular weight is 339 g/mol. The van der Waals surface area contributed by atoms with Crippen molar-refractivity contribution in [2.24, 2.45) is 5.92 Å².